The third-order valence-electron chi connectivity index (χ3n) is 3.04. The summed E-state index contributed by atoms with van der Waals surface area (Å²) in [5.41, 5.74) is 0. The second kappa shape index (κ2) is 17.6. The smallest absolute Gasteiger partial charge is 0.211 e. The minimum absolute atomic E-state index is 0.639. The third kappa shape index (κ3) is 16.6. The normalized spacial score (nSPS) is 11.7. The number of carbonyl (C=O) groups excluding carboxylic acids is 1. The van der Waals surface area contributed by atoms with E-state index in [1.807, 2.05) is 0 Å². The maximum atomic E-state index is 9.84. The van der Waals surface area contributed by atoms with Crippen LogP contribution in [0.25, 0.3) is 0 Å². The van der Waals surface area contributed by atoms with Gasteiger partial charge in [-0.1, -0.05) is 75.5 Å². The Labute approximate surface area is 124 Å². The van der Waals surface area contributed by atoms with Crippen molar-refractivity contribution in [2.45, 2.75) is 64.7 Å². The molecule has 0 aromatic carbocycles. The minimum atomic E-state index is 0.639. The van der Waals surface area contributed by atoms with Crippen LogP contribution in [0.3, 0.4) is 0 Å². The zero-order valence-corrected chi connectivity index (χ0v) is 12.9. The number of allylic oxidation sites excluding steroid dienone is 6. The highest BCUT2D eigenvalue weighted by molar-refractivity contribution is 5.32. The van der Waals surface area contributed by atoms with Crippen LogP contribution < -0.4 is 0 Å². The minimum Gasteiger partial charge on any atom is -0.211 e. The first-order valence-electron chi connectivity index (χ1n) is 7.93. The molecule has 0 bridgehead atoms. The van der Waals surface area contributed by atoms with Crippen molar-refractivity contribution in [2.24, 2.45) is 4.99 Å². The van der Waals surface area contributed by atoms with Gasteiger partial charge >= 0.3 is 0 Å². The Morgan fingerprint density at radius 2 is 1.40 bits per heavy atom. The molecule has 0 aliphatic heterocycles. The fourth-order valence-electron chi connectivity index (χ4n) is 1.83. The SMILES string of the molecule is CCCCC=CC=CC=CCCCCCCCN=C=O. The monoisotopic (exact) mass is 275 g/mol. The Morgan fingerprint density at radius 3 is 2.05 bits per heavy atom. The van der Waals surface area contributed by atoms with E-state index in [0.29, 0.717) is 6.54 Å². The van der Waals surface area contributed by atoms with Crippen molar-refractivity contribution >= 4 is 6.08 Å². The van der Waals surface area contributed by atoms with Gasteiger partial charge in [-0.3, -0.25) is 0 Å². The van der Waals surface area contributed by atoms with E-state index >= 15 is 0 Å². The van der Waals surface area contributed by atoms with Gasteiger partial charge in [0.05, 0.1) is 6.54 Å². The van der Waals surface area contributed by atoms with Crippen LogP contribution in [0.15, 0.2) is 41.4 Å². The predicted molar refractivity (Wildman–Crippen MR) is 87.6 cm³/mol. The van der Waals surface area contributed by atoms with Crippen LogP contribution in [0, 0.1) is 0 Å². The molecule has 0 atom stereocenters. The molecule has 2 nitrogen and oxygen atoms in total. The Bertz CT molecular complexity index is 322. The van der Waals surface area contributed by atoms with E-state index in [1.54, 1.807) is 6.08 Å². The molecule has 0 saturated carbocycles. The van der Waals surface area contributed by atoms with E-state index in [4.69, 9.17) is 0 Å². The average molecular weight is 275 g/mol. The van der Waals surface area contributed by atoms with E-state index in [9.17, 15) is 4.79 Å². The molecule has 0 saturated heterocycles. The standard InChI is InChI=1S/C18H29NO/c1-2-3-4-5-6-7-8-9-10-11-12-13-14-15-16-17-19-18-20/h5-10H,2-4,11-17H2,1H3. The van der Waals surface area contributed by atoms with Crippen molar-refractivity contribution < 1.29 is 4.79 Å². The molecular weight excluding hydrogens is 246 g/mol. The second-order valence-electron chi connectivity index (χ2n) is 4.91. The molecule has 0 rings (SSSR count). The molecule has 0 fully saturated rings. The molecule has 112 valence electrons. The first-order valence-corrected chi connectivity index (χ1v) is 7.93. The third-order valence-corrected chi connectivity index (χ3v) is 3.04. The lowest BCUT2D eigenvalue weighted by Crippen LogP contribution is -1.82. The lowest BCUT2D eigenvalue weighted by atomic mass is 10.1. The van der Waals surface area contributed by atoms with Gasteiger partial charge < -0.3 is 0 Å². The molecule has 0 spiro atoms. The predicted octanol–water partition coefficient (Wildman–Crippen LogP) is 5.52. The number of hydrogen-bond donors (Lipinski definition) is 0. The summed E-state index contributed by atoms with van der Waals surface area (Å²) in [4.78, 5) is 13.4. The van der Waals surface area contributed by atoms with Gasteiger partial charge in [0.25, 0.3) is 0 Å². The van der Waals surface area contributed by atoms with Crippen LogP contribution >= 0.6 is 0 Å². The van der Waals surface area contributed by atoms with Crippen molar-refractivity contribution in [3.63, 3.8) is 0 Å². The molecule has 0 amide bonds. The molecule has 0 aromatic rings. The summed E-state index contributed by atoms with van der Waals surface area (Å²) in [6.45, 7) is 2.85. The van der Waals surface area contributed by atoms with Gasteiger partial charge in [0.2, 0.25) is 6.08 Å². The van der Waals surface area contributed by atoms with Gasteiger partial charge in [-0.2, -0.15) is 0 Å². The fourth-order valence-corrected chi connectivity index (χ4v) is 1.83. The van der Waals surface area contributed by atoms with Crippen molar-refractivity contribution in [2.75, 3.05) is 6.54 Å². The van der Waals surface area contributed by atoms with Crippen LogP contribution in [-0.4, -0.2) is 12.6 Å². The largest absolute Gasteiger partial charge is 0.234 e. The number of aliphatic imine (C=N–C) groups is 1. The molecule has 20 heavy (non-hydrogen) atoms. The van der Waals surface area contributed by atoms with E-state index in [0.717, 1.165) is 19.3 Å². The zero-order chi connectivity index (χ0) is 14.7. The number of unbranched alkanes of at least 4 members (excludes halogenated alkanes) is 7. The number of isocyanates is 1. The summed E-state index contributed by atoms with van der Waals surface area (Å²) >= 11 is 0. The molecule has 0 unspecified atom stereocenters. The lowest BCUT2D eigenvalue weighted by molar-refractivity contribution is 0.560. The number of nitrogens with zero attached hydrogens (tertiary/aromatic N) is 1. The highest BCUT2D eigenvalue weighted by atomic mass is 16.1. The van der Waals surface area contributed by atoms with Gasteiger partial charge in [-0.05, 0) is 25.7 Å². The van der Waals surface area contributed by atoms with E-state index in [-0.39, 0.29) is 0 Å². The maximum absolute atomic E-state index is 9.84. The summed E-state index contributed by atoms with van der Waals surface area (Å²) in [5.74, 6) is 0. The van der Waals surface area contributed by atoms with Crippen LogP contribution in [0.5, 0.6) is 0 Å². The number of hydrogen-bond acceptors (Lipinski definition) is 2. The van der Waals surface area contributed by atoms with Gasteiger partial charge in [0.1, 0.15) is 0 Å². The zero-order valence-electron chi connectivity index (χ0n) is 12.9. The second-order valence-corrected chi connectivity index (χ2v) is 4.91. The lowest BCUT2D eigenvalue weighted by Gasteiger charge is -1.96. The Morgan fingerprint density at radius 1 is 0.800 bits per heavy atom. The van der Waals surface area contributed by atoms with E-state index in [2.05, 4.69) is 48.4 Å². The van der Waals surface area contributed by atoms with Crippen LogP contribution in [0.4, 0.5) is 0 Å². The summed E-state index contributed by atoms with van der Waals surface area (Å²) < 4.78 is 0. The van der Waals surface area contributed by atoms with Crippen molar-refractivity contribution in [1.82, 2.24) is 0 Å². The quantitative estimate of drug-likeness (QED) is 0.188. The van der Waals surface area contributed by atoms with Gasteiger partial charge in [-0.15, -0.1) is 0 Å². The molecule has 0 heterocycles. The summed E-state index contributed by atoms with van der Waals surface area (Å²) in [5, 5.41) is 0. The van der Waals surface area contributed by atoms with Crippen molar-refractivity contribution in [1.29, 1.82) is 0 Å². The Hall–Kier alpha value is -1.40. The molecule has 0 N–H and O–H groups in total. The van der Waals surface area contributed by atoms with Crippen LogP contribution in [-0.2, 0) is 4.79 Å². The molecule has 0 aromatic heterocycles. The van der Waals surface area contributed by atoms with Gasteiger partial charge in [0, 0.05) is 0 Å². The maximum Gasteiger partial charge on any atom is 0.234 e. The molecule has 0 aliphatic carbocycles. The molecule has 0 radical (unpaired) electrons. The van der Waals surface area contributed by atoms with Gasteiger partial charge in [0.15, 0.2) is 0 Å². The fraction of sp³-hybridized carbons (Fsp3) is 0.611. The topological polar surface area (TPSA) is 29.4 Å². The van der Waals surface area contributed by atoms with Crippen molar-refractivity contribution in [3.8, 4) is 0 Å². The first-order chi connectivity index (χ1) is 9.91. The highest BCUT2D eigenvalue weighted by Crippen LogP contribution is 2.06. The van der Waals surface area contributed by atoms with E-state index < -0.39 is 0 Å². The van der Waals surface area contributed by atoms with Crippen LogP contribution in [0.1, 0.15) is 64.7 Å². The average Bonchev–Trinajstić information content (AvgIpc) is 2.47. The van der Waals surface area contributed by atoms with Crippen molar-refractivity contribution in [3.05, 3.63) is 36.5 Å². The van der Waals surface area contributed by atoms with Crippen LogP contribution in [0.2, 0.25) is 0 Å². The first kappa shape index (κ1) is 18.6. The highest BCUT2D eigenvalue weighted by Gasteiger charge is 1.88. The van der Waals surface area contributed by atoms with E-state index in [1.165, 1.54) is 38.5 Å². The summed E-state index contributed by atoms with van der Waals surface area (Å²) in [6, 6.07) is 0. The van der Waals surface area contributed by atoms with Gasteiger partial charge in [-0.25, -0.2) is 9.79 Å². The summed E-state index contributed by atoms with van der Waals surface area (Å²) in [6.07, 6.45) is 25.3. The molecular formula is C18H29NO. The molecule has 0 aliphatic rings. The number of rotatable bonds is 13. The summed E-state index contributed by atoms with van der Waals surface area (Å²) in [7, 11) is 0. The Balaban J connectivity index is 3.28. The molecule has 2 heteroatoms. The Kier molecular flexibility index (Phi) is 16.4.